The average Bonchev–Trinajstić information content (AvgIpc) is 2.66. The van der Waals surface area contributed by atoms with Crippen molar-refractivity contribution in [1.29, 1.82) is 0 Å². The highest BCUT2D eigenvalue weighted by molar-refractivity contribution is 5.78. The van der Waals surface area contributed by atoms with Crippen LogP contribution in [-0.4, -0.2) is 61.6 Å². The maximum absolute atomic E-state index is 12.7. The van der Waals surface area contributed by atoms with Crippen molar-refractivity contribution < 1.29 is 9.53 Å². The van der Waals surface area contributed by atoms with Crippen LogP contribution in [0.5, 0.6) is 5.75 Å². The summed E-state index contributed by atoms with van der Waals surface area (Å²) in [5.74, 6) is 1.25. The summed E-state index contributed by atoms with van der Waals surface area (Å²) in [6.07, 6.45) is 2.27. The minimum atomic E-state index is 0.0135. The molecule has 1 amide bonds. The van der Waals surface area contributed by atoms with Gasteiger partial charge in [0.1, 0.15) is 5.75 Å². The lowest BCUT2D eigenvalue weighted by atomic mass is 9.96. The van der Waals surface area contributed by atoms with E-state index < -0.39 is 0 Å². The highest BCUT2D eigenvalue weighted by atomic mass is 16.5. The molecule has 5 nitrogen and oxygen atoms in total. The second kappa shape index (κ2) is 10.1. The minimum Gasteiger partial charge on any atom is -0.497 e. The zero-order chi connectivity index (χ0) is 20.0. The summed E-state index contributed by atoms with van der Waals surface area (Å²) >= 11 is 0. The van der Waals surface area contributed by atoms with E-state index >= 15 is 0 Å². The third-order valence-corrected chi connectivity index (χ3v) is 5.70. The quantitative estimate of drug-likeness (QED) is 0.757. The first-order valence-corrected chi connectivity index (χ1v) is 10.2. The van der Waals surface area contributed by atoms with E-state index in [0.717, 1.165) is 37.2 Å². The summed E-state index contributed by atoms with van der Waals surface area (Å²) in [6.45, 7) is 11.5. The van der Waals surface area contributed by atoms with Crippen LogP contribution in [0.3, 0.4) is 0 Å². The van der Waals surface area contributed by atoms with Gasteiger partial charge in [-0.1, -0.05) is 26.0 Å². The summed E-state index contributed by atoms with van der Waals surface area (Å²) in [6, 6.07) is 9.08. The van der Waals surface area contributed by atoms with Crippen LogP contribution in [0.25, 0.3) is 0 Å². The summed E-state index contributed by atoms with van der Waals surface area (Å²) in [5, 5.41) is 3.24. The van der Waals surface area contributed by atoms with Crippen molar-refractivity contribution in [3.05, 3.63) is 29.8 Å². The van der Waals surface area contributed by atoms with Crippen molar-refractivity contribution in [3.63, 3.8) is 0 Å². The number of rotatable bonds is 8. The monoisotopic (exact) mass is 375 g/mol. The number of hydrogen-bond donors (Lipinski definition) is 1. The van der Waals surface area contributed by atoms with Crippen molar-refractivity contribution >= 4 is 5.91 Å². The lowest BCUT2D eigenvalue weighted by Gasteiger charge is -2.38. The van der Waals surface area contributed by atoms with E-state index in [0.29, 0.717) is 24.5 Å². The lowest BCUT2D eigenvalue weighted by Crippen LogP contribution is -2.48. The summed E-state index contributed by atoms with van der Waals surface area (Å²) in [7, 11) is 3.74. The summed E-state index contributed by atoms with van der Waals surface area (Å²) < 4.78 is 5.24. The number of amides is 1. The van der Waals surface area contributed by atoms with Crippen LogP contribution in [0.4, 0.5) is 0 Å². The Morgan fingerprint density at radius 1 is 1.19 bits per heavy atom. The molecule has 1 aromatic rings. The number of piperidine rings is 1. The highest BCUT2D eigenvalue weighted by Crippen LogP contribution is 2.24. The van der Waals surface area contributed by atoms with Gasteiger partial charge in [-0.15, -0.1) is 0 Å². The SMILES string of the molecule is COc1ccc(C(NC(=O)CN(C)C2CCN(C(C)C)CC2)C(C)C)cc1. The molecule has 0 radical (unpaired) electrons. The second-order valence-corrected chi connectivity index (χ2v) is 8.34. The van der Waals surface area contributed by atoms with Crippen LogP contribution in [0.1, 0.15) is 52.1 Å². The number of hydrogen-bond acceptors (Lipinski definition) is 4. The third-order valence-electron chi connectivity index (χ3n) is 5.70. The smallest absolute Gasteiger partial charge is 0.234 e. The van der Waals surface area contributed by atoms with Gasteiger partial charge in [0.25, 0.3) is 0 Å². The Balaban J connectivity index is 1.89. The van der Waals surface area contributed by atoms with Gasteiger partial charge < -0.3 is 15.0 Å². The van der Waals surface area contributed by atoms with Gasteiger partial charge in [-0.25, -0.2) is 0 Å². The fraction of sp³-hybridized carbons (Fsp3) is 0.682. The van der Waals surface area contributed by atoms with E-state index in [1.807, 2.05) is 24.3 Å². The Labute approximate surface area is 165 Å². The molecule has 2 rings (SSSR count). The first-order chi connectivity index (χ1) is 12.8. The van der Waals surface area contributed by atoms with Crippen LogP contribution in [0.2, 0.25) is 0 Å². The highest BCUT2D eigenvalue weighted by Gasteiger charge is 2.26. The molecule has 0 spiro atoms. The molecule has 1 N–H and O–H groups in total. The van der Waals surface area contributed by atoms with Gasteiger partial charge >= 0.3 is 0 Å². The molecule has 0 aromatic heterocycles. The van der Waals surface area contributed by atoms with Gasteiger partial charge in [0.15, 0.2) is 0 Å². The summed E-state index contributed by atoms with van der Waals surface area (Å²) in [4.78, 5) is 17.4. The molecular formula is C22H37N3O2. The lowest BCUT2D eigenvalue weighted by molar-refractivity contribution is -0.123. The molecule has 1 fully saturated rings. The van der Waals surface area contributed by atoms with E-state index in [1.54, 1.807) is 7.11 Å². The van der Waals surface area contributed by atoms with Crippen LogP contribution in [0, 0.1) is 5.92 Å². The van der Waals surface area contributed by atoms with Crippen LogP contribution >= 0.6 is 0 Å². The van der Waals surface area contributed by atoms with Crippen LogP contribution in [-0.2, 0) is 4.79 Å². The first-order valence-electron chi connectivity index (χ1n) is 10.2. The van der Waals surface area contributed by atoms with Crippen molar-refractivity contribution in [3.8, 4) is 5.75 Å². The van der Waals surface area contributed by atoms with Crippen molar-refractivity contribution in [2.24, 2.45) is 5.92 Å². The number of nitrogens with zero attached hydrogens (tertiary/aromatic N) is 2. The molecule has 0 aliphatic carbocycles. The van der Waals surface area contributed by atoms with Gasteiger partial charge in [0.2, 0.25) is 5.91 Å². The number of nitrogens with one attached hydrogen (secondary N) is 1. The standard InChI is InChI=1S/C22H37N3O2/c1-16(2)22(18-7-9-20(27-6)10-8-18)23-21(26)15-24(5)19-11-13-25(14-12-19)17(3)4/h7-10,16-17,19,22H,11-15H2,1-6H3,(H,23,26). The largest absolute Gasteiger partial charge is 0.497 e. The molecule has 1 aliphatic heterocycles. The predicted octanol–water partition coefficient (Wildman–Crippen LogP) is 3.31. The Morgan fingerprint density at radius 2 is 1.78 bits per heavy atom. The maximum atomic E-state index is 12.7. The predicted molar refractivity (Wildman–Crippen MR) is 111 cm³/mol. The van der Waals surface area contributed by atoms with E-state index in [4.69, 9.17) is 4.74 Å². The average molecular weight is 376 g/mol. The fourth-order valence-corrected chi connectivity index (χ4v) is 3.86. The molecule has 1 aromatic carbocycles. The van der Waals surface area contributed by atoms with Gasteiger partial charge in [-0.3, -0.25) is 9.69 Å². The Kier molecular flexibility index (Phi) is 8.11. The van der Waals surface area contributed by atoms with Crippen molar-refractivity contribution in [2.75, 3.05) is 33.8 Å². The normalized spacial score (nSPS) is 17.5. The number of methoxy groups -OCH3 is 1. The van der Waals surface area contributed by atoms with Crippen molar-refractivity contribution in [2.45, 2.75) is 58.7 Å². The zero-order valence-electron chi connectivity index (χ0n) is 17.9. The second-order valence-electron chi connectivity index (χ2n) is 8.34. The molecule has 27 heavy (non-hydrogen) atoms. The van der Waals surface area contributed by atoms with Gasteiger partial charge in [0, 0.05) is 12.1 Å². The number of ether oxygens (including phenoxy) is 1. The van der Waals surface area contributed by atoms with E-state index in [9.17, 15) is 4.79 Å². The Morgan fingerprint density at radius 3 is 2.26 bits per heavy atom. The number of carbonyl (C=O) groups is 1. The third kappa shape index (κ3) is 6.22. The molecular weight excluding hydrogens is 338 g/mol. The van der Waals surface area contributed by atoms with Crippen molar-refractivity contribution in [1.82, 2.24) is 15.1 Å². The molecule has 152 valence electrons. The fourth-order valence-electron chi connectivity index (χ4n) is 3.86. The molecule has 5 heteroatoms. The maximum Gasteiger partial charge on any atom is 0.234 e. The van der Waals surface area contributed by atoms with Crippen LogP contribution < -0.4 is 10.1 Å². The van der Waals surface area contributed by atoms with Gasteiger partial charge in [-0.2, -0.15) is 0 Å². The molecule has 1 heterocycles. The first kappa shape index (κ1) is 21.7. The topological polar surface area (TPSA) is 44.8 Å². The van der Waals surface area contributed by atoms with Gasteiger partial charge in [-0.05, 0) is 70.4 Å². The molecule has 0 saturated carbocycles. The number of likely N-dealkylation sites (N-methyl/N-ethyl adjacent to an activating group) is 1. The number of likely N-dealkylation sites (tertiary alicyclic amines) is 1. The molecule has 1 atom stereocenters. The Bertz CT molecular complexity index is 578. The zero-order valence-corrected chi connectivity index (χ0v) is 17.9. The Hall–Kier alpha value is -1.59. The van der Waals surface area contributed by atoms with E-state index in [1.165, 1.54) is 0 Å². The van der Waals surface area contributed by atoms with E-state index in [-0.39, 0.29) is 11.9 Å². The minimum absolute atomic E-state index is 0.0135. The molecule has 1 aliphatic rings. The molecule has 1 unspecified atom stereocenters. The van der Waals surface area contributed by atoms with E-state index in [2.05, 4.69) is 49.9 Å². The molecule has 1 saturated heterocycles. The number of benzene rings is 1. The van der Waals surface area contributed by atoms with Gasteiger partial charge in [0.05, 0.1) is 19.7 Å². The number of carbonyl (C=O) groups excluding carboxylic acids is 1. The summed E-state index contributed by atoms with van der Waals surface area (Å²) in [5.41, 5.74) is 1.12. The van der Waals surface area contributed by atoms with Crippen LogP contribution in [0.15, 0.2) is 24.3 Å². The molecule has 0 bridgehead atoms.